The van der Waals surface area contributed by atoms with Crippen molar-refractivity contribution in [1.82, 2.24) is 0 Å². The van der Waals surface area contributed by atoms with Crippen molar-refractivity contribution in [3.05, 3.63) is 48.5 Å². The van der Waals surface area contributed by atoms with Crippen LogP contribution in [-0.4, -0.2) is 15.7 Å². The monoisotopic (exact) mass is 262 g/mol. The Labute approximate surface area is 117 Å². The molecule has 0 aliphatic carbocycles. The minimum atomic E-state index is 0.847. The highest BCUT2D eigenvalue weighted by molar-refractivity contribution is 7.23. The molecule has 18 heavy (non-hydrogen) atoms. The van der Waals surface area contributed by atoms with Crippen LogP contribution in [0.2, 0.25) is 0 Å². The number of hydrogen-bond acceptors (Lipinski definition) is 2. The zero-order valence-corrected chi connectivity index (χ0v) is 11.2. The fraction of sp³-hybridized carbons (Fsp3) is 0. The van der Waals surface area contributed by atoms with Crippen LogP contribution in [0.4, 0.5) is 0 Å². The van der Waals surface area contributed by atoms with Gasteiger partial charge in [0.05, 0.1) is 0 Å². The summed E-state index contributed by atoms with van der Waals surface area (Å²) in [6.07, 6.45) is 0. The second-order valence-electron chi connectivity index (χ2n) is 3.98. The summed E-state index contributed by atoms with van der Waals surface area (Å²) in [5.74, 6) is 0. The van der Waals surface area contributed by atoms with Crippen molar-refractivity contribution in [3.63, 3.8) is 0 Å². The lowest BCUT2D eigenvalue weighted by Crippen LogP contribution is -1.88. The van der Waals surface area contributed by atoms with Crippen LogP contribution in [0.15, 0.2) is 48.5 Å². The van der Waals surface area contributed by atoms with Gasteiger partial charge in [-0.3, -0.25) is 0 Å². The van der Waals surface area contributed by atoms with Crippen molar-refractivity contribution in [2.24, 2.45) is 0 Å². The molecule has 0 N–H and O–H groups in total. The fourth-order valence-electron chi connectivity index (χ4n) is 1.81. The van der Waals surface area contributed by atoms with Gasteiger partial charge in [0.25, 0.3) is 0 Å². The Morgan fingerprint density at radius 2 is 0.944 bits per heavy atom. The Kier molecular flexibility index (Phi) is 3.14. The van der Waals surface area contributed by atoms with E-state index in [1.807, 2.05) is 12.1 Å². The van der Waals surface area contributed by atoms with Crippen LogP contribution < -0.4 is 9.55 Å². The van der Waals surface area contributed by atoms with Gasteiger partial charge >= 0.3 is 0 Å². The lowest BCUT2D eigenvalue weighted by atomic mass is 10.1. The largest absolute Gasteiger partial charge is 0.152 e. The van der Waals surface area contributed by atoms with E-state index in [9.17, 15) is 0 Å². The molecule has 4 radical (unpaired) electrons. The van der Waals surface area contributed by atoms with Gasteiger partial charge in [-0.05, 0) is 32.8 Å². The molecule has 0 atom stereocenters. The van der Waals surface area contributed by atoms with Gasteiger partial charge < -0.3 is 0 Å². The van der Waals surface area contributed by atoms with Crippen LogP contribution in [0, 0.1) is 0 Å². The highest BCUT2D eigenvalue weighted by Gasteiger charge is 2.03. The molecule has 0 aliphatic heterocycles. The molecule has 2 aromatic heterocycles. The molecule has 0 saturated carbocycles. The highest BCUT2D eigenvalue weighted by Crippen LogP contribution is 2.28. The van der Waals surface area contributed by atoms with Crippen molar-refractivity contribution in [1.29, 1.82) is 0 Å². The van der Waals surface area contributed by atoms with E-state index in [0.717, 1.165) is 9.55 Å². The molecule has 0 unspecified atom stereocenters. The predicted octanol–water partition coefficient (Wildman–Crippen LogP) is 2.73. The molecule has 1 aromatic carbocycles. The molecule has 0 saturated heterocycles. The molecule has 0 bridgehead atoms. The molecule has 3 rings (SSSR count). The number of hydrogen-bond donors (Lipinski definition) is 0. The maximum Gasteiger partial charge on any atom is 0.128 e. The van der Waals surface area contributed by atoms with Crippen molar-refractivity contribution < 1.29 is 0 Å². The maximum atomic E-state index is 5.75. The quantitative estimate of drug-likeness (QED) is 0.623. The molecule has 3 aromatic rings. The third-order valence-corrected chi connectivity index (χ3v) is 4.63. The van der Waals surface area contributed by atoms with Crippen LogP contribution in [0.5, 0.6) is 0 Å². The van der Waals surface area contributed by atoms with Gasteiger partial charge in [0.15, 0.2) is 0 Å². The van der Waals surface area contributed by atoms with Crippen LogP contribution in [0.3, 0.4) is 0 Å². The van der Waals surface area contributed by atoms with Gasteiger partial charge in [0.2, 0.25) is 0 Å². The molecular formula is C14H8B2S2. The Balaban J connectivity index is 1.94. The van der Waals surface area contributed by atoms with E-state index in [2.05, 4.69) is 36.4 Å². The smallest absolute Gasteiger partial charge is 0.128 e. The first kappa shape index (κ1) is 11.8. The van der Waals surface area contributed by atoms with Crippen LogP contribution in [0.25, 0.3) is 20.9 Å². The SMILES string of the molecule is [B]c1ccc(-c2ccc(-c3ccc([B])s3)cc2)s1. The summed E-state index contributed by atoms with van der Waals surface area (Å²) < 4.78 is 1.69. The molecule has 0 spiro atoms. The fourth-order valence-corrected chi connectivity index (χ4v) is 3.37. The van der Waals surface area contributed by atoms with Gasteiger partial charge in [0.1, 0.15) is 15.7 Å². The van der Waals surface area contributed by atoms with Gasteiger partial charge in [0, 0.05) is 9.75 Å². The molecule has 0 fully saturated rings. The highest BCUT2D eigenvalue weighted by atomic mass is 32.1. The first-order valence-electron chi connectivity index (χ1n) is 5.54. The Morgan fingerprint density at radius 1 is 0.556 bits per heavy atom. The third kappa shape index (κ3) is 2.31. The Morgan fingerprint density at radius 3 is 1.22 bits per heavy atom. The van der Waals surface area contributed by atoms with E-state index in [0.29, 0.717) is 0 Å². The van der Waals surface area contributed by atoms with Gasteiger partial charge in [-0.15, -0.1) is 0 Å². The molecule has 4 heteroatoms. The maximum absolute atomic E-state index is 5.75. The molecule has 0 nitrogen and oxygen atoms in total. The van der Waals surface area contributed by atoms with Crippen LogP contribution >= 0.6 is 22.7 Å². The second kappa shape index (κ2) is 4.79. The minimum Gasteiger partial charge on any atom is -0.152 e. The van der Waals surface area contributed by atoms with E-state index in [4.69, 9.17) is 15.7 Å². The summed E-state index contributed by atoms with van der Waals surface area (Å²) in [6, 6.07) is 16.5. The first-order chi connectivity index (χ1) is 8.72. The molecular weight excluding hydrogens is 254 g/mol. The van der Waals surface area contributed by atoms with E-state index in [-0.39, 0.29) is 0 Å². The van der Waals surface area contributed by atoms with Crippen molar-refractivity contribution in [3.8, 4) is 20.9 Å². The lowest BCUT2D eigenvalue weighted by molar-refractivity contribution is 1.69. The van der Waals surface area contributed by atoms with E-state index in [1.54, 1.807) is 22.7 Å². The van der Waals surface area contributed by atoms with Crippen LogP contribution in [-0.2, 0) is 0 Å². The van der Waals surface area contributed by atoms with Crippen molar-refractivity contribution in [2.75, 3.05) is 0 Å². The minimum absolute atomic E-state index is 0.847. The summed E-state index contributed by atoms with van der Waals surface area (Å²) in [6.45, 7) is 0. The lowest BCUT2D eigenvalue weighted by Gasteiger charge is -2.00. The summed E-state index contributed by atoms with van der Waals surface area (Å²) in [5.41, 5.74) is 2.40. The summed E-state index contributed by atoms with van der Waals surface area (Å²) in [5, 5.41) is 0. The normalized spacial score (nSPS) is 10.7. The zero-order valence-electron chi connectivity index (χ0n) is 9.59. The van der Waals surface area contributed by atoms with Crippen molar-refractivity contribution in [2.45, 2.75) is 0 Å². The number of thiophene rings is 2. The molecule has 0 amide bonds. The first-order valence-corrected chi connectivity index (χ1v) is 7.17. The van der Waals surface area contributed by atoms with E-state index < -0.39 is 0 Å². The molecule has 2 heterocycles. The van der Waals surface area contributed by atoms with Gasteiger partial charge in [-0.25, -0.2) is 0 Å². The standard InChI is InChI=1S/C14H8B2S2/c15-13-7-5-11(17-13)9-1-2-10(4-3-9)12-6-8-14(16)18-12/h1-8H. The van der Waals surface area contributed by atoms with Crippen molar-refractivity contribution >= 4 is 47.9 Å². The van der Waals surface area contributed by atoms with Gasteiger partial charge in [-0.2, -0.15) is 22.7 Å². The summed E-state index contributed by atoms with van der Waals surface area (Å²) in [4.78, 5) is 2.40. The van der Waals surface area contributed by atoms with Crippen LogP contribution in [0.1, 0.15) is 0 Å². The number of benzene rings is 1. The average Bonchev–Trinajstić information content (AvgIpc) is 2.98. The second-order valence-corrected chi connectivity index (χ2v) is 6.21. The van der Waals surface area contributed by atoms with Gasteiger partial charge in [-0.1, -0.05) is 36.4 Å². The zero-order chi connectivity index (χ0) is 12.5. The topological polar surface area (TPSA) is 0 Å². The van der Waals surface area contributed by atoms with E-state index in [1.165, 1.54) is 20.9 Å². The molecule has 0 aliphatic rings. The molecule has 82 valence electrons. The predicted molar refractivity (Wildman–Crippen MR) is 83.8 cm³/mol. The average molecular weight is 262 g/mol. The summed E-state index contributed by atoms with van der Waals surface area (Å²) in [7, 11) is 11.5. The third-order valence-electron chi connectivity index (χ3n) is 2.71. The Bertz CT molecular complexity index is 606. The summed E-state index contributed by atoms with van der Waals surface area (Å²) >= 11 is 3.21. The Hall–Kier alpha value is -1.25. The number of rotatable bonds is 2. The van der Waals surface area contributed by atoms with E-state index >= 15 is 0 Å².